The Hall–Kier alpha value is -2.17. The molecule has 0 unspecified atom stereocenters. The van der Waals surface area contributed by atoms with Gasteiger partial charge in [0.2, 0.25) is 11.8 Å². The number of ether oxygens (including phenoxy) is 1. The number of benzene rings is 1. The number of carbonyl (C=O) groups is 3. The van der Waals surface area contributed by atoms with Gasteiger partial charge in [0.15, 0.2) is 0 Å². The summed E-state index contributed by atoms with van der Waals surface area (Å²) >= 11 is 0. The summed E-state index contributed by atoms with van der Waals surface area (Å²) in [5, 5.41) is 0. The molecule has 5 nitrogen and oxygen atoms in total. The normalized spacial score (nSPS) is 28.1. The van der Waals surface area contributed by atoms with E-state index in [1.807, 2.05) is 0 Å². The van der Waals surface area contributed by atoms with Gasteiger partial charge in [0.25, 0.3) is 0 Å². The van der Waals surface area contributed by atoms with Crippen molar-refractivity contribution in [1.82, 2.24) is 0 Å². The zero-order valence-corrected chi connectivity index (χ0v) is 16.6. The molecule has 4 atom stereocenters. The molecule has 2 bridgehead atoms. The molecule has 1 aromatic carbocycles. The van der Waals surface area contributed by atoms with Crippen LogP contribution in [0.15, 0.2) is 24.3 Å². The molecule has 5 heteroatoms. The Bertz CT molecular complexity index is 728. The smallest absolute Gasteiger partial charge is 0.311 e. The van der Waals surface area contributed by atoms with E-state index in [1.165, 1.54) is 17.7 Å². The fourth-order valence-electron chi connectivity index (χ4n) is 5.38. The van der Waals surface area contributed by atoms with Gasteiger partial charge in [0.1, 0.15) is 5.75 Å². The molecule has 28 heavy (non-hydrogen) atoms. The first-order valence-electron chi connectivity index (χ1n) is 10.8. The van der Waals surface area contributed by atoms with Gasteiger partial charge < -0.3 is 4.74 Å². The average molecular weight is 383 g/mol. The Balaban J connectivity index is 1.34. The molecule has 3 fully saturated rings. The van der Waals surface area contributed by atoms with Gasteiger partial charge in [0, 0.05) is 6.42 Å². The maximum Gasteiger partial charge on any atom is 0.311 e. The van der Waals surface area contributed by atoms with Crippen LogP contribution in [0.2, 0.25) is 0 Å². The quantitative estimate of drug-likeness (QED) is 0.287. The second kappa shape index (κ2) is 8.06. The van der Waals surface area contributed by atoms with Crippen molar-refractivity contribution in [3.63, 3.8) is 0 Å². The van der Waals surface area contributed by atoms with E-state index in [1.54, 1.807) is 24.3 Å². The van der Waals surface area contributed by atoms with Gasteiger partial charge in [-0.3, -0.25) is 19.3 Å². The molecule has 1 saturated heterocycles. The lowest BCUT2D eigenvalue weighted by Crippen LogP contribution is -2.32. The van der Waals surface area contributed by atoms with E-state index in [4.69, 9.17) is 4.74 Å². The number of imide groups is 1. The molecular formula is C23H29NO4. The van der Waals surface area contributed by atoms with E-state index >= 15 is 0 Å². The second-order valence-corrected chi connectivity index (χ2v) is 8.53. The number of carbonyl (C=O) groups excluding carboxylic acids is 3. The Kier molecular flexibility index (Phi) is 5.51. The Morgan fingerprint density at radius 3 is 2.18 bits per heavy atom. The van der Waals surface area contributed by atoms with Gasteiger partial charge in [-0.25, -0.2) is 0 Å². The molecule has 150 valence electrons. The molecule has 0 aromatic heterocycles. The predicted octanol–water partition coefficient (Wildman–Crippen LogP) is 4.49. The average Bonchev–Trinajstić information content (AvgIpc) is 3.36. The minimum absolute atomic E-state index is 0.0426. The summed E-state index contributed by atoms with van der Waals surface area (Å²) in [6.45, 7) is 2.16. The zero-order chi connectivity index (χ0) is 19.7. The third-order valence-corrected chi connectivity index (χ3v) is 6.74. The predicted molar refractivity (Wildman–Crippen MR) is 106 cm³/mol. The SMILES string of the molecule is CCCCCCCC(=O)Oc1ccc(N2C(=O)[C@@H]3[C@H]4CC[C@@H](C4)[C@@H]3C2=O)cc1. The lowest BCUT2D eigenvalue weighted by molar-refractivity contribution is -0.134. The number of amides is 2. The van der Waals surface area contributed by atoms with E-state index < -0.39 is 0 Å². The van der Waals surface area contributed by atoms with Crippen LogP contribution in [0, 0.1) is 23.7 Å². The van der Waals surface area contributed by atoms with Gasteiger partial charge in [-0.15, -0.1) is 0 Å². The molecule has 2 aliphatic carbocycles. The first-order chi connectivity index (χ1) is 13.6. The van der Waals surface area contributed by atoms with Gasteiger partial charge in [-0.1, -0.05) is 32.6 Å². The van der Waals surface area contributed by atoms with Crippen molar-refractivity contribution in [3.05, 3.63) is 24.3 Å². The van der Waals surface area contributed by atoms with Crippen molar-refractivity contribution >= 4 is 23.5 Å². The van der Waals surface area contributed by atoms with E-state index in [2.05, 4.69) is 6.92 Å². The lowest BCUT2D eigenvalue weighted by Gasteiger charge is -2.19. The van der Waals surface area contributed by atoms with E-state index in [0.717, 1.165) is 38.5 Å². The highest BCUT2D eigenvalue weighted by Gasteiger charge is 2.61. The van der Waals surface area contributed by atoms with Crippen molar-refractivity contribution < 1.29 is 19.1 Å². The number of unbranched alkanes of at least 4 members (excludes halogenated alkanes) is 4. The van der Waals surface area contributed by atoms with Gasteiger partial charge in [-0.2, -0.15) is 0 Å². The van der Waals surface area contributed by atoms with Crippen molar-refractivity contribution in [3.8, 4) is 5.75 Å². The van der Waals surface area contributed by atoms with E-state index in [9.17, 15) is 14.4 Å². The van der Waals surface area contributed by atoms with Gasteiger partial charge in [-0.05, 0) is 61.8 Å². The van der Waals surface area contributed by atoms with Gasteiger partial charge >= 0.3 is 5.97 Å². The molecule has 1 aromatic rings. The number of esters is 1. The summed E-state index contributed by atoms with van der Waals surface area (Å²) in [6, 6.07) is 6.77. The summed E-state index contributed by atoms with van der Waals surface area (Å²) in [4.78, 5) is 39.0. The van der Waals surface area contributed by atoms with Crippen LogP contribution in [0.25, 0.3) is 0 Å². The first kappa shape index (κ1) is 19.2. The molecule has 1 aliphatic heterocycles. The van der Waals surface area contributed by atoms with Crippen LogP contribution in [0.5, 0.6) is 5.75 Å². The monoisotopic (exact) mass is 383 g/mol. The highest BCUT2D eigenvalue weighted by molar-refractivity contribution is 6.22. The number of rotatable bonds is 8. The number of hydrogen-bond acceptors (Lipinski definition) is 4. The number of fused-ring (bicyclic) bond motifs is 5. The first-order valence-corrected chi connectivity index (χ1v) is 10.8. The second-order valence-electron chi connectivity index (χ2n) is 8.53. The van der Waals surface area contributed by atoms with Crippen LogP contribution in [-0.4, -0.2) is 17.8 Å². The molecule has 0 N–H and O–H groups in total. The molecule has 2 saturated carbocycles. The Labute approximate surface area is 166 Å². The van der Waals surface area contributed by atoms with Gasteiger partial charge in [0.05, 0.1) is 17.5 Å². The minimum atomic E-state index is -0.233. The molecule has 3 aliphatic rings. The lowest BCUT2D eigenvalue weighted by atomic mass is 9.81. The van der Waals surface area contributed by atoms with Crippen molar-refractivity contribution in [2.24, 2.45) is 23.7 Å². The fourth-order valence-corrected chi connectivity index (χ4v) is 5.38. The van der Waals surface area contributed by atoms with E-state index in [0.29, 0.717) is 29.7 Å². The van der Waals surface area contributed by atoms with E-state index in [-0.39, 0.29) is 29.6 Å². The molecule has 0 spiro atoms. The van der Waals surface area contributed by atoms with Crippen LogP contribution in [0.4, 0.5) is 5.69 Å². The summed E-state index contributed by atoms with van der Waals surface area (Å²) in [5.74, 6) is 0.680. The minimum Gasteiger partial charge on any atom is -0.427 e. The maximum atomic E-state index is 12.9. The molecule has 2 amide bonds. The topological polar surface area (TPSA) is 63.7 Å². The van der Waals surface area contributed by atoms with Crippen LogP contribution < -0.4 is 9.64 Å². The van der Waals surface area contributed by atoms with Crippen LogP contribution in [0.1, 0.15) is 64.7 Å². The summed E-state index contributed by atoms with van der Waals surface area (Å²) in [6.07, 6.45) is 9.03. The summed E-state index contributed by atoms with van der Waals surface area (Å²) < 4.78 is 5.38. The van der Waals surface area contributed by atoms with Crippen LogP contribution >= 0.6 is 0 Å². The molecular weight excluding hydrogens is 354 g/mol. The Morgan fingerprint density at radius 2 is 1.57 bits per heavy atom. The van der Waals surface area contributed by atoms with Crippen molar-refractivity contribution in [2.75, 3.05) is 4.90 Å². The molecule has 4 rings (SSSR count). The van der Waals surface area contributed by atoms with Crippen molar-refractivity contribution in [2.45, 2.75) is 64.7 Å². The highest BCUT2D eigenvalue weighted by Crippen LogP contribution is 2.56. The third-order valence-electron chi connectivity index (χ3n) is 6.74. The van der Waals surface area contributed by atoms with Crippen molar-refractivity contribution in [1.29, 1.82) is 0 Å². The van der Waals surface area contributed by atoms with Crippen LogP contribution in [-0.2, 0) is 14.4 Å². The molecule has 0 radical (unpaired) electrons. The summed E-state index contributed by atoms with van der Waals surface area (Å²) in [5.41, 5.74) is 0.586. The highest BCUT2D eigenvalue weighted by atomic mass is 16.5. The molecule has 1 heterocycles. The summed E-state index contributed by atoms with van der Waals surface area (Å²) in [7, 11) is 0. The largest absolute Gasteiger partial charge is 0.427 e. The number of nitrogens with zero attached hydrogens (tertiary/aromatic N) is 1. The number of anilines is 1. The fraction of sp³-hybridized carbons (Fsp3) is 0.609. The third kappa shape index (κ3) is 3.47. The maximum absolute atomic E-state index is 12.9. The van der Waals surface area contributed by atoms with Crippen LogP contribution in [0.3, 0.4) is 0 Å². The standard InChI is InChI=1S/C23H29NO4/c1-2-3-4-5-6-7-19(25)28-18-12-10-17(11-13-18)24-22(26)20-15-8-9-16(14-15)21(20)23(24)27/h10-13,15-16,20-21H,2-9,14H2,1H3/t15-,16-,20-,21+/m0/s1. The zero-order valence-electron chi connectivity index (χ0n) is 16.6. The number of hydrogen-bond donors (Lipinski definition) is 0. The Morgan fingerprint density at radius 1 is 0.964 bits per heavy atom.